The van der Waals surface area contributed by atoms with Crippen molar-refractivity contribution in [3.63, 3.8) is 0 Å². The standard InChI is InChI=1S/C11H13ClF3N3O/c1-2-3-5-19-6-4-16-9-7-8(11(13,14)15)17-10(12)18-9/h2,7H,1,3-6H2,(H,16,17,18). The van der Waals surface area contributed by atoms with Crippen LogP contribution in [0, 0.1) is 0 Å². The average molecular weight is 296 g/mol. The van der Waals surface area contributed by atoms with E-state index in [0.29, 0.717) is 19.8 Å². The van der Waals surface area contributed by atoms with E-state index in [2.05, 4.69) is 21.9 Å². The van der Waals surface area contributed by atoms with Crippen LogP contribution >= 0.6 is 11.6 Å². The summed E-state index contributed by atoms with van der Waals surface area (Å²) in [6, 6.07) is 0.801. The summed E-state index contributed by atoms with van der Waals surface area (Å²) >= 11 is 5.43. The highest BCUT2D eigenvalue weighted by Gasteiger charge is 2.33. The second-order valence-electron chi connectivity index (χ2n) is 3.52. The first-order chi connectivity index (χ1) is 8.93. The van der Waals surface area contributed by atoms with Crippen LogP contribution in [-0.2, 0) is 10.9 Å². The largest absolute Gasteiger partial charge is 0.433 e. The highest BCUT2D eigenvalue weighted by atomic mass is 35.5. The number of halogens is 4. The lowest BCUT2D eigenvalue weighted by atomic mass is 10.4. The van der Waals surface area contributed by atoms with Gasteiger partial charge in [0.15, 0.2) is 5.69 Å². The van der Waals surface area contributed by atoms with E-state index in [1.165, 1.54) is 0 Å². The molecule has 1 heterocycles. The Morgan fingerprint density at radius 1 is 1.37 bits per heavy atom. The minimum absolute atomic E-state index is 0.0136. The molecule has 1 aromatic heterocycles. The van der Waals surface area contributed by atoms with Gasteiger partial charge in [0.25, 0.3) is 0 Å². The van der Waals surface area contributed by atoms with Gasteiger partial charge in [-0.2, -0.15) is 13.2 Å². The van der Waals surface area contributed by atoms with E-state index in [-0.39, 0.29) is 5.82 Å². The Kier molecular flexibility index (Phi) is 6.04. The van der Waals surface area contributed by atoms with Gasteiger partial charge in [-0.05, 0) is 18.0 Å². The minimum atomic E-state index is -4.55. The highest BCUT2D eigenvalue weighted by Crippen LogP contribution is 2.29. The first-order valence-electron chi connectivity index (χ1n) is 5.48. The van der Waals surface area contributed by atoms with E-state index in [1.807, 2.05) is 0 Å². The van der Waals surface area contributed by atoms with Gasteiger partial charge in [0, 0.05) is 12.6 Å². The van der Waals surface area contributed by atoms with Crippen molar-refractivity contribution in [1.82, 2.24) is 9.97 Å². The van der Waals surface area contributed by atoms with Crippen molar-refractivity contribution >= 4 is 17.4 Å². The van der Waals surface area contributed by atoms with Crippen molar-refractivity contribution in [2.75, 3.05) is 25.1 Å². The molecule has 1 aromatic rings. The van der Waals surface area contributed by atoms with Crippen LogP contribution in [0.3, 0.4) is 0 Å². The molecule has 0 aliphatic carbocycles. The molecule has 106 valence electrons. The quantitative estimate of drug-likeness (QED) is 0.477. The van der Waals surface area contributed by atoms with Gasteiger partial charge in [0.1, 0.15) is 5.82 Å². The smallest absolute Gasteiger partial charge is 0.379 e. The van der Waals surface area contributed by atoms with Gasteiger partial charge in [-0.25, -0.2) is 9.97 Å². The molecule has 0 saturated carbocycles. The molecule has 0 aliphatic rings. The molecule has 0 radical (unpaired) electrons. The van der Waals surface area contributed by atoms with Crippen molar-refractivity contribution in [1.29, 1.82) is 0 Å². The van der Waals surface area contributed by atoms with Gasteiger partial charge < -0.3 is 10.1 Å². The third-order valence-corrected chi connectivity index (χ3v) is 2.18. The summed E-state index contributed by atoms with van der Waals surface area (Å²) in [5.41, 5.74) is -1.08. The molecule has 0 unspecified atom stereocenters. The van der Waals surface area contributed by atoms with E-state index in [1.54, 1.807) is 6.08 Å². The van der Waals surface area contributed by atoms with Crippen molar-refractivity contribution in [2.45, 2.75) is 12.6 Å². The number of nitrogens with one attached hydrogen (secondary N) is 1. The zero-order valence-electron chi connectivity index (χ0n) is 10.0. The topological polar surface area (TPSA) is 47.0 Å². The molecule has 1 rings (SSSR count). The number of hydrogen-bond acceptors (Lipinski definition) is 4. The number of ether oxygens (including phenoxy) is 1. The molecule has 0 fully saturated rings. The third-order valence-electron chi connectivity index (χ3n) is 2.01. The Morgan fingerprint density at radius 3 is 2.74 bits per heavy atom. The minimum Gasteiger partial charge on any atom is -0.379 e. The van der Waals surface area contributed by atoms with Gasteiger partial charge in [0.2, 0.25) is 5.28 Å². The predicted octanol–water partition coefficient (Wildman–Crippen LogP) is 3.15. The van der Waals surface area contributed by atoms with Crippen molar-refractivity contribution in [3.05, 3.63) is 29.7 Å². The number of hydrogen-bond donors (Lipinski definition) is 1. The Morgan fingerprint density at radius 2 is 2.11 bits per heavy atom. The van der Waals surface area contributed by atoms with Gasteiger partial charge in [-0.1, -0.05) is 6.08 Å². The molecule has 0 bridgehead atoms. The molecule has 0 amide bonds. The molecule has 0 spiro atoms. The normalized spacial score (nSPS) is 11.4. The van der Waals surface area contributed by atoms with Gasteiger partial charge in [-0.3, -0.25) is 0 Å². The van der Waals surface area contributed by atoms with Crippen molar-refractivity contribution < 1.29 is 17.9 Å². The molecular weight excluding hydrogens is 283 g/mol. The Hall–Kier alpha value is -1.34. The molecule has 0 aromatic carbocycles. The van der Waals surface area contributed by atoms with Crippen molar-refractivity contribution in [2.24, 2.45) is 0 Å². The Labute approximate surface area is 113 Å². The number of aromatic nitrogens is 2. The first-order valence-corrected chi connectivity index (χ1v) is 5.85. The lowest BCUT2D eigenvalue weighted by molar-refractivity contribution is -0.141. The van der Waals surface area contributed by atoms with E-state index in [0.717, 1.165) is 12.5 Å². The predicted molar refractivity (Wildman–Crippen MR) is 66.2 cm³/mol. The van der Waals surface area contributed by atoms with E-state index in [4.69, 9.17) is 16.3 Å². The third kappa shape index (κ3) is 5.89. The molecule has 1 N–H and O–H groups in total. The molecular formula is C11H13ClF3N3O. The zero-order chi connectivity index (χ0) is 14.3. The van der Waals surface area contributed by atoms with Gasteiger partial charge in [0.05, 0.1) is 13.2 Å². The highest BCUT2D eigenvalue weighted by molar-refractivity contribution is 6.28. The number of alkyl halides is 3. The van der Waals surface area contributed by atoms with E-state index < -0.39 is 17.2 Å². The second-order valence-corrected chi connectivity index (χ2v) is 3.86. The maximum atomic E-state index is 12.5. The van der Waals surface area contributed by atoms with Crippen LogP contribution in [0.4, 0.5) is 19.0 Å². The summed E-state index contributed by atoms with van der Waals surface area (Å²) in [6.07, 6.45) is -2.12. The van der Waals surface area contributed by atoms with Crippen LogP contribution in [-0.4, -0.2) is 29.7 Å². The molecule has 8 heteroatoms. The van der Waals surface area contributed by atoms with Crippen LogP contribution in [0.15, 0.2) is 18.7 Å². The maximum absolute atomic E-state index is 12.5. The fraction of sp³-hybridized carbons (Fsp3) is 0.455. The number of nitrogens with zero attached hydrogens (tertiary/aromatic N) is 2. The Bertz CT molecular complexity index is 426. The number of rotatable bonds is 7. The van der Waals surface area contributed by atoms with E-state index in [9.17, 15) is 13.2 Å². The fourth-order valence-electron chi connectivity index (χ4n) is 1.17. The van der Waals surface area contributed by atoms with E-state index >= 15 is 0 Å². The van der Waals surface area contributed by atoms with Gasteiger partial charge >= 0.3 is 6.18 Å². The summed E-state index contributed by atoms with van der Waals surface area (Å²) in [6.45, 7) is 4.72. The summed E-state index contributed by atoms with van der Waals surface area (Å²) in [7, 11) is 0. The molecule has 19 heavy (non-hydrogen) atoms. The molecule has 4 nitrogen and oxygen atoms in total. The molecule has 0 aliphatic heterocycles. The van der Waals surface area contributed by atoms with Crippen LogP contribution in [0.5, 0.6) is 0 Å². The molecule has 0 atom stereocenters. The zero-order valence-corrected chi connectivity index (χ0v) is 10.8. The lowest BCUT2D eigenvalue weighted by Gasteiger charge is -2.10. The second kappa shape index (κ2) is 7.30. The Balaban J connectivity index is 2.50. The van der Waals surface area contributed by atoms with Crippen LogP contribution in [0.1, 0.15) is 12.1 Å². The summed E-state index contributed by atoms with van der Waals surface area (Å²) in [5.74, 6) is 0.0136. The van der Waals surface area contributed by atoms with Crippen molar-refractivity contribution in [3.8, 4) is 0 Å². The summed E-state index contributed by atoms with van der Waals surface area (Å²) in [4.78, 5) is 6.77. The monoisotopic (exact) mass is 295 g/mol. The molecule has 0 saturated heterocycles. The maximum Gasteiger partial charge on any atom is 0.433 e. The van der Waals surface area contributed by atoms with Crippen LogP contribution in [0.25, 0.3) is 0 Å². The van der Waals surface area contributed by atoms with Crippen LogP contribution in [0.2, 0.25) is 5.28 Å². The SMILES string of the molecule is C=CCCOCCNc1cc(C(F)(F)F)nc(Cl)n1. The first kappa shape index (κ1) is 15.7. The number of anilines is 1. The summed E-state index contributed by atoms with van der Waals surface area (Å²) < 4.78 is 42.6. The van der Waals surface area contributed by atoms with Crippen LogP contribution < -0.4 is 5.32 Å². The lowest BCUT2D eigenvalue weighted by Crippen LogP contribution is -2.14. The van der Waals surface area contributed by atoms with Gasteiger partial charge in [-0.15, -0.1) is 6.58 Å². The fourth-order valence-corrected chi connectivity index (χ4v) is 1.36. The summed E-state index contributed by atoms with van der Waals surface area (Å²) in [5, 5.41) is 2.23. The average Bonchev–Trinajstić information content (AvgIpc) is 2.32.